The van der Waals surface area contributed by atoms with Crippen molar-refractivity contribution in [2.45, 2.75) is 64.9 Å². The zero-order chi connectivity index (χ0) is 17.6. The van der Waals surface area contributed by atoms with Crippen molar-refractivity contribution in [3.63, 3.8) is 0 Å². The van der Waals surface area contributed by atoms with E-state index in [0.29, 0.717) is 18.8 Å². The van der Waals surface area contributed by atoms with E-state index in [-0.39, 0.29) is 24.5 Å². The van der Waals surface area contributed by atoms with Gasteiger partial charge in [-0.25, -0.2) is 4.98 Å². The van der Waals surface area contributed by atoms with E-state index in [1.165, 1.54) is 7.11 Å². The van der Waals surface area contributed by atoms with Gasteiger partial charge in [0.1, 0.15) is 12.2 Å². The minimum Gasteiger partial charge on any atom is -0.469 e. The lowest BCUT2D eigenvalue weighted by Crippen LogP contribution is -2.38. The second-order valence-electron chi connectivity index (χ2n) is 6.56. The molecule has 0 aliphatic rings. The first-order valence-corrected chi connectivity index (χ1v) is 8.81. The van der Waals surface area contributed by atoms with Gasteiger partial charge in [0.15, 0.2) is 0 Å². The maximum Gasteiger partial charge on any atom is 0.313 e. The molecule has 0 spiro atoms. The summed E-state index contributed by atoms with van der Waals surface area (Å²) in [6.45, 7) is 7.95. The van der Waals surface area contributed by atoms with E-state index < -0.39 is 11.6 Å². The van der Waals surface area contributed by atoms with E-state index in [1.54, 1.807) is 11.3 Å². The van der Waals surface area contributed by atoms with E-state index in [0.717, 1.165) is 10.7 Å². The zero-order valence-corrected chi connectivity index (χ0v) is 15.4. The van der Waals surface area contributed by atoms with Gasteiger partial charge in [0.25, 0.3) is 0 Å². The molecule has 0 saturated heterocycles. The first-order chi connectivity index (χ1) is 10.7. The van der Waals surface area contributed by atoms with Gasteiger partial charge in [0, 0.05) is 17.7 Å². The number of carbonyl (C=O) groups is 2. The predicted molar refractivity (Wildman–Crippen MR) is 90.6 cm³/mol. The minimum absolute atomic E-state index is 0.0407. The Morgan fingerprint density at radius 2 is 2.00 bits per heavy atom. The molecule has 0 amide bonds. The second-order valence-corrected chi connectivity index (χ2v) is 7.45. The normalized spacial score (nSPS) is 14.1. The first-order valence-electron chi connectivity index (χ1n) is 7.93. The van der Waals surface area contributed by atoms with E-state index in [2.05, 4.69) is 23.6 Å². The molecule has 1 rings (SSSR count). The van der Waals surface area contributed by atoms with Gasteiger partial charge >= 0.3 is 5.97 Å². The van der Waals surface area contributed by atoms with E-state index in [9.17, 15) is 14.7 Å². The van der Waals surface area contributed by atoms with Crippen LogP contribution in [0.2, 0.25) is 0 Å². The number of rotatable bonds is 9. The van der Waals surface area contributed by atoms with Crippen LogP contribution in [0.3, 0.4) is 0 Å². The lowest BCUT2D eigenvalue weighted by molar-refractivity contribution is -0.144. The van der Waals surface area contributed by atoms with Crippen LogP contribution in [-0.4, -0.2) is 34.6 Å². The second kappa shape index (κ2) is 8.55. The number of nitrogens with zero attached hydrogens (tertiary/aromatic N) is 1. The third-order valence-corrected chi connectivity index (χ3v) is 5.22. The Balaban J connectivity index is 2.68. The van der Waals surface area contributed by atoms with E-state index >= 15 is 0 Å². The molecule has 1 atom stereocenters. The number of Topliss-reactive ketones (excluding diaryl/α,β-unsaturated/α-hetero) is 1. The van der Waals surface area contributed by atoms with Crippen LogP contribution in [0.15, 0.2) is 5.38 Å². The number of aliphatic hydroxyl groups is 1. The molecule has 1 heterocycles. The van der Waals surface area contributed by atoms with Gasteiger partial charge in [-0.15, -0.1) is 11.3 Å². The molecule has 0 aliphatic heterocycles. The van der Waals surface area contributed by atoms with Crippen LogP contribution in [0.25, 0.3) is 0 Å². The molecular weight excluding hydrogens is 314 g/mol. The van der Waals surface area contributed by atoms with Crippen LogP contribution < -0.4 is 0 Å². The molecule has 1 aromatic rings. The number of aromatic nitrogens is 1. The lowest BCUT2D eigenvalue weighted by Gasteiger charge is -2.31. The summed E-state index contributed by atoms with van der Waals surface area (Å²) in [5.41, 5.74) is -0.189. The number of hydrogen-bond acceptors (Lipinski definition) is 6. The number of carbonyl (C=O) groups excluding carboxylic acids is 2. The fourth-order valence-electron chi connectivity index (χ4n) is 2.27. The number of ketones is 1. The molecule has 6 heteroatoms. The van der Waals surface area contributed by atoms with Gasteiger partial charge < -0.3 is 9.84 Å². The summed E-state index contributed by atoms with van der Waals surface area (Å²) >= 11 is 1.62. The fraction of sp³-hybridized carbons (Fsp3) is 0.706. The Bertz CT molecular complexity index is 538. The molecule has 5 nitrogen and oxygen atoms in total. The SMILES string of the molecule is COC(=O)CC(=O)CC(O)(CCc1csc(C(C)C)n1)C(C)C. The van der Waals surface area contributed by atoms with Crippen LogP contribution >= 0.6 is 11.3 Å². The molecule has 0 radical (unpaired) electrons. The highest BCUT2D eigenvalue weighted by Crippen LogP contribution is 2.29. The van der Waals surface area contributed by atoms with Gasteiger partial charge in [-0.1, -0.05) is 27.7 Å². The number of aryl methyl sites for hydroxylation is 1. The van der Waals surface area contributed by atoms with Crippen LogP contribution in [0, 0.1) is 5.92 Å². The summed E-state index contributed by atoms with van der Waals surface area (Å²) in [6, 6.07) is 0. The van der Waals surface area contributed by atoms with Crippen LogP contribution in [0.1, 0.15) is 63.6 Å². The van der Waals surface area contributed by atoms with Crippen LogP contribution in [-0.2, 0) is 20.7 Å². The largest absolute Gasteiger partial charge is 0.469 e. The molecule has 0 aliphatic carbocycles. The van der Waals surface area contributed by atoms with Crippen molar-refractivity contribution >= 4 is 23.1 Å². The van der Waals surface area contributed by atoms with Gasteiger partial charge in [0.05, 0.1) is 23.4 Å². The summed E-state index contributed by atoms with van der Waals surface area (Å²) in [4.78, 5) is 27.7. The van der Waals surface area contributed by atoms with E-state index in [4.69, 9.17) is 0 Å². The van der Waals surface area contributed by atoms with Crippen molar-refractivity contribution < 1.29 is 19.4 Å². The average molecular weight is 341 g/mol. The third-order valence-electron chi connectivity index (χ3n) is 4.02. The molecule has 0 aromatic carbocycles. The summed E-state index contributed by atoms with van der Waals surface area (Å²) in [5, 5.41) is 13.9. The summed E-state index contributed by atoms with van der Waals surface area (Å²) in [5.74, 6) is -0.567. The Kier molecular flexibility index (Phi) is 7.35. The number of esters is 1. The van der Waals surface area contributed by atoms with E-state index in [1.807, 2.05) is 19.2 Å². The highest BCUT2D eigenvalue weighted by molar-refractivity contribution is 7.09. The smallest absolute Gasteiger partial charge is 0.313 e. The summed E-state index contributed by atoms with van der Waals surface area (Å²) < 4.78 is 4.50. The minimum atomic E-state index is -1.13. The summed E-state index contributed by atoms with van der Waals surface area (Å²) in [7, 11) is 1.25. The number of ether oxygens (including phenoxy) is 1. The Hall–Kier alpha value is -1.27. The Labute approximate surface area is 142 Å². The monoisotopic (exact) mass is 341 g/mol. The average Bonchev–Trinajstić information content (AvgIpc) is 2.93. The molecule has 0 saturated carbocycles. The topological polar surface area (TPSA) is 76.5 Å². The lowest BCUT2D eigenvalue weighted by atomic mass is 9.81. The molecule has 1 N–H and O–H groups in total. The predicted octanol–water partition coefficient (Wildman–Crippen LogP) is 3.11. The number of methoxy groups -OCH3 is 1. The molecule has 130 valence electrons. The molecule has 0 fully saturated rings. The number of hydrogen-bond donors (Lipinski definition) is 1. The van der Waals surface area contributed by atoms with Crippen molar-refractivity contribution in [1.29, 1.82) is 0 Å². The third kappa shape index (κ3) is 6.03. The van der Waals surface area contributed by atoms with Crippen molar-refractivity contribution in [2.75, 3.05) is 7.11 Å². The quantitative estimate of drug-likeness (QED) is 0.552. The van der Waals surface area contributed by atoms with Crippen molar-refractivity contribution in [2.24, 2.45) is 5.92 Å². The standard InChI is InChI=1S/C17H27NO4S/c1-11(2)16-18-13(10-23-16)6-7-17(21,12(3)4)9-14(19)8-15(20)22-5/h10-12,21H,6-9H2,1-5H3. The number of thiazole rings is 1. The highest BCUT2D eigenvalue weighted by Gasteiger charge is 2.34. The molecule has 1 unspecified atom stereocenters. The van der Waals surface area contributed by atoms with Gasteiger partial charge in [0.2, 0.25) is 0 Å². The maximum atomic E-state index is 12.0. The Morgan fingerprint density at radius 1 is 1.35 bits per heavy atom. The van der Waals surface area contributed by atoms with Crippen LogP contribution in [0.4, 0.5) is 0 Å². The molecule has 1 aromatic heterocycles. The van der Waals surface area contributed by atoms with Crippen molar-refractivity contribution in [3.8, 4) is 0 Å². The Morgan fingerprint density at radius 3 is 2.48 bits per heavy atom. The maximum absolute atomic E-state index is 12.0. The van der Waals surface area contributed by atoms with Crippen molar-refractivity contribution in [1.82, 2.24) is 4.98 Å². The molecular formula is C17H27NO4S. The van der Waals surface area contributed by atoms with Crippen LogP contribution in [0.5, 0.6) is 0 Å². The van der Waals surface area contributed by atoms with Gasteiger partial charge in [-0.2, -0.15) is 0 Å². The highest BCUT2D eigenvalue weighted by atomic mass is 32.1. The van der Waals surface area contributed by atoms with Crippen molar-refractivity contribution in [3.05, 3.63) is 16.1 Å². The van der Waals surface area contributed by atoms with Gasteiger partial charge in [-0.05, 0) is 18.8 Å². The molecule has 23 heavy (non-hydrogen) atoms. The molecule has 0 bridgehead atoms. The first kappa shape index (κ1) is 19.8. The summed E-state index contributed by atoms with van der Waals surface area (Å²) in [6.07, 6.45) is 0.725. The van der Waals surface area contributed by atoms with Gasteiger partial charge in [-0.3, -0.25) is 9.59 Å². The zero-order valence-electron chi connectivity index (χ0n) is 14.6. The fourth-order valence-corrected chi connectivity index (χ4v) is 3.13.